The van der Waals surface area contributed by atoms with E-state index < -0.39 is 17.0 Å². The lowest BCUT2D eigenvalue weighted by atomic mass is 9.89. The second kappa shape index (κ2) is 13.5. The van der Waals surface area contributed by atoms with Crippen LogP contribution in [0.15, 0.2) is 47.4 Å². The first-order valence-corrected chi connectivity index (χ1v) is 16.3. The van der Waals surface area contributed by atoms with Crippen molar-refractivity contribution < 1.29 is 13.8 Å². The van der Waals surface area contributed by atoms with Gasteiger partial charge in [-0.05, 0) is 80.1 Å². The summed E-state index contributed by atoms with van der Waals surface area (Å²) in [7, 11) is 0.758. The highest BCUT2D eigenvalue weighted by atomic mass is 32.2. The van der Waals surface area contributed by atoms with Crippen LogP contribution in [0.5, 0.6) is 0 Å². The molecule has 0 radical (unpaired) electrons. The van der Waals surface area contributed by atoms with E-state index in [2.05, 4.69) is 45.6 Å². The lowest BCUT2D eigenvalue weighted by molar-refractivity contribution is -0.120. The van der Waals surface area contributed by atoms with Gasteiger partial charge in [-0.25, -0.2) is 13.3 Å². The van der Waals surface area contributed by atoms with E-state index >= 15 is 0 Å². The number of hydrogen-bond acceptors (Lipinski definition) is 6. The number of carbonyl (C=O) groups excluding carboxylic acids is 2. The van der Waals surface area contributed by atoms with Gasteiger partial charge in [0.15, 0.2) is 5.82 Å². The summed E-state index contributed by atoms with van der Waals surface area (Å²) in [5.41, 5.74) is 9.50. The van der Waals surface area contributed by atoms with Crippen molar-refractivity contribution in [2.75, 3.05) is 37.6 Å². The molecule has 3 N–H and O–H groups in total. The van der Waals surface area contributed by atoms with E-state index in [0.717, 1.165) is 74.2 Å². The molecule has 42 heavy (non-hydrogen) atoms. The van der Waals surface area contributed by atoms with Gasteiger partial charge in [0.2, 0.25) is 5.91 Å². The summed E-state index contributed by atoms with van der Waals surface area (Å²) >= 11 is 0. The van der Waals surface area contributed by atoms with Crippen LogP contribution in [0.25, 0.3) is 10.9 Å². The van der Waals surface area contributed by atoms with Crippen molar-refractivity contribution in [2.24, 2.45) is 12.8 Å². The van der Waals surface area contributed by atoms with Gasteiger partial charge < -0.3 is 5.73 Å². The number of fused-ring (bicyclic) bond motifs is 1. The van der Waals surface area contributed by atoms with E-state index in [-0.39, 0.29) is 18.4 Å². The van der Waals surface area contributed by atoms with Crippen LogP contribution in [0.4, 0.5) is 10.6 Å². The number of aryl methyl sites for hydroxylation is 1. The molecule has 2 aromatic carbocycles. The molecule has 1 atom stereocenters. The zero-order valence-electron chi connectivity index (χ0n) is 24.9. The van der Waals surface area contributed by atoms with Crippen LogP contribution in [0.2, 0.25) is 0 Å². The Bertz CT molecular complexity index is 1440. The minimum Gasteiger partial charge on any atom is -0.328 e. The number of amides is 3. The number of imide groups is 1. The quantitative estimate of drug-likeness (QED) is 0.448. The second-order valence-electron chi connectivity index (χ2n) is 11.2. The third-order valence-corrected chi connectivity index (χ3v) is 9.96. The monoisotopic (exact) mass is 593 g/mol. The maximum Gasteiger partial charge on any atom is 0.329 e. The van der Waals surface area contributed by atoms with Crippen LogP contribution < -0.4 is 16.0 Å². The summed E-state index contributed by atoms with van der Waals surface area (Å²) in [5, 5.41) is 7.92. The van der Waals surface area contributed by atoms with Crippen LogP contribution in [0.1, 0.15) is 63.0 Å². The molecule has 3 aliphatic rings. The number of urea groups is 1. The van der Waals surface area contributed by atoms with Gasteiger partial charge in [0.25, 0.3) is 0 Å². The van der Waals surface area contributed by atoms with Crippen LogP contribution in [-0.2, 0) is 29.4 Å². The van der Waals surface area contributed by atoms with Crippen molar-refractivity contribution in [3.63, 3.8) is 0 Å². The SMILES string of the molecule is CC.Cn1nc(N2CCC(=O)NC2=O)c2ccc(C3CCN(Cc4cccc(S(=O)N5CCC(N)CC5)c4)CC3)cc21. The van der Waals surface area contributed by atoms with E-state index in [4.69, 9.17) is 5.73 Å². The van der Waals surface area contributed by atoms with Crippen LogP contribution >= 0.6 is 0 Å². The van der Waals surface area contributed by atoms with Crippen LogP contribution in [-0.4, -0.2) is 73.9 Å². The number of piperidine rings is 2. The lowest BCUT2D eigenvalue weighted by Crippen LogP contribution is -2.49. The molecule has 11 heteroatoms. The van der Waals surface area contributed by atoms with Crippen molar-refractivity contribution in [3.05, 3.63) is 53.6 Å². The maximum atomic E-state index is 13.1. The van der Waals surface area contributed by atoms with Crippen molar-refractivity contribution >= 4 is 39.6 Å². The Balaban J connectivity index is 0.00000173. The fourth-order valence-electron chi connectivity index (χ4n) is 6.10. The molecule has 1 aromatic heterocycles. The van der Waals surface area contributed by atoms with Crippen LogP contribution in [0, 0.1) is 0 Å². The first kappa shape index (κ1) is 30.3. The highest BCUT2D eigenvalue weighted by Crippen LogP contribution is 2.34. The number of anilines is 1. The second-order valence-corrected chi connectivity index (χ2v) is 12.7. The molecule has 10 nitrogen and oxygen atoms in total. The summed E-state index contributed by atoms with van der Waals surface area (Å²) in [6, 6.07) is 14.4. The smallest absolute Gasteiger partial charge is 0.328 e. The number of likely N-dealkylation sites (tertiary alicyclic amines) is 1. The van der Waals surface area contributed by atoms with E-state index in [0.29, 0.717) is 18.3 Å². The normalized spacial score (nSPS) is 20.3. The number of nitrogens with two attached hydrogens (primary N) is 1. The maximum absolute atomic E-state index is 13.1. The van der Waals surface area contributed by atoms with Gasteiger partial charge in [-0.3, -0.25) is 24.6 Å². The third kappa shape index (κ3) is 6.59. The Labute approximate surface area is 250 Å². The van der Waals surface area contributed by atoms with Gasteiger partial charge in [0.1, 0.15) is 11.0 Å². The fraction of sp³-hybridized carbons (Fsp3) is 0.516. The molecule has 226 valence electrons. The Morgan fingerprint density at radius 3 is 2.43 bits per heavy atom. The molecule has 1 unspecified atom stereocenters. The van der Waals surface area contributed by atoms with Gasteiger partial charge in [0, 0.05) is 51.1 Å². The van der Waals surface area contributed by atoms with Gasteiger partial charge in [-0.15, -0.1) is 0 Å². The van der Waals surface area contributed by atoms with E-state index in [1.165, 1.54) is 11.1 Å². The molecule has 3 amide bonds. The number of benzene rings is 2. The lowest BCUT2D eigenvalue weighted by Gasteiger charge is -2.32. The molecule has 0 spiro atoms. The number of aromatic nitrogens is 2. The zero-order chi connectivity index (χ0) is 29.8. The molecule has 4 heterocycles. The first-order chi connectivity index (χ1) is 20.4. The zero-order valence-corrected chi connectivity index (χ0v) is 25.7. The molecule has 3 aliphatic heterocycles. The van der Waals surface area contributed by atoms with Gasteiger partial charge >= 0.3 is 6.03 Å². The summed E-state index contributed by atoms with van der Waals surface area (Å²) in [4.78, 5) is 28.9. The van der Waals surface area contributed by atoms with Crippen molar-refractivity contribution in [1.82, 2.24) is 24.3 Å². The largest absolute Gasteiger partial charge is 0.329 e. The fourth-order valence-corrected chi connectivity index (χ4v) is 7.39. The predicted molar refractivity (Wildman–Crippen MR) is 166 cm³/mol. The van der Waals surface area contributed by atoms with Crippen LogP contribution in [0.3, 0.4) is 0 Å². The van der Waals surface area contributed by atoms with Crippen molar-refractivity contribution in [3.8, 4) is 0 Å². The number of nitrogens with zero attached hydrogens (tertiary/aromatic N) is 5. The molecule has 3 saturated heterocycles. The summed E-state index contributed by atoms with van der Waals surface area (Å²) in [6.45, 7) is 8.76. The molecule has 3 fully saturated rings. The van der Waals surface area contributed by atoms with Gasteiger partial charge in [-0.1, -0.05) is 32.0 Å². The highest BCUT2D eigenvalue weighted by Gasteiger charge is 2.29. The van der Waals surface area contributed by atoms with E-state index in [1.54, 1.807) is 4.90 Å². The minimum atomic E-state index is -1.14. The summed E-state index contributed by atoms with van der Waals surface area (Å²) < 4.78 is 17.0. The minimum absolute atomic E-state index is 0.224. The highest BCUT2D eigenvalue weighted by molar-refractivity contribution is 7.82. The standard InChI is InChI=1S/C29H37N7O3S.C2H6/c1-33-26-18-22(5-6-25(26)28(32-33)36-16-11-27(37)31-29(36)38)21-7-12-34(13-8-21)19-20-3-2-4-24(17-20)40(39)35-14-9-23(30)10-15-35;1-2/h2-6,17-18,21,23H,7-16,19,30H2,1H3,(H,31,37,38);1-2H3. The number of nitrogens with one attached hydrogen (secondary N) is 1. The first-order valence-electron chi connectivity index (χ1n) is 15.2. The third-order valence-electron chi connectivity index (χ3n) is 8.46. The number of hydrogen-bond donors (Lipinski definition) is 2. The average molecular weight is 594 g/mol. The van der Waals surface area contributed by atoms with Crippen molar-refractivity contribution in [1.29, 1.82) is 0 Å². The van der Waals surface area contributed by atoms with Crippen molar-refractivity contribution in [2.45, 2.75) is 69.4 Å². The number of rotatable bonds is 6. The average Bonchev–Trinajstić information content (AvgIpc) is 3.34. The molecule has 0 aliphatic carbocycles. The molecule has 0 saturated carbocycles. The Morgan fingerprint density at radius 1 is 0.976 bits per heavy atom. The number of carbonyl (C=O) groups is 2. The van der Waals surface area contributed by atoms with E-state index in [1.807, 2.05) is 42.0 Å². The molecule has 6 rings (SSSR count). The Kier molecular flexibility index (Phi) is 9.72. The summed E-state index contributed by atoms with van der Waals surface area (Å²) in [6.07, 6.45) is 4.19. The molecule has 3 aromatic rings. The molecular formula is C31H43N7O3S. The van der Waals surface area contributed by atoms with Gasteiger partial charge in [0.05, 0.1) is 10.4 Å². The van der Waals surface area contributed by atoms with Gasteiger partial charge in [-0.2, -0.15) is 5.10 Å². The predicted octanol–water partition coefficient (Wildman–Crippen LogP) is 3.87. The summed E-state index contributed by atoms with van der Waals surface area (Å²) in [5.74, 6) is 0.802. The van der Waals surface area contributed by atoms with E-state index in [9.17, 15) is 13.8 Å². The Morgan fingerprint density at radius 2 is 1.71 bits per heavy atom. The Hall–Kier alpha value is -3.12. The molecule has 0 bridgehead atoms. The molecular weight excluding hydrogens is 550 g/mol. The topological polar surface area (TPSA) is 117 Å².